The van der Waals surface area contributed by atoms with Gasteiger partial charge in [-0.2, -0.15) is 5.26 Å². The van der Waals surface area contributed by atoms with Gasteiger partial charge in [0.2, 0.25) is 0 Å². The monoisotopic (exact) mass is 292 g/mol. The summed E-state index contributed by atoms with van der Waals surface area (Å²) in [6, 6.07) is 10.7. The molecule has 0 spiro atoms. The molecule has 0 aromatic heterocycles. The van der Waals surface area contributed by atoms with E-state index in [2.05, 4.69) is 5.32 Å². The molecule has 2 aromatic rings. The molecule has 102 valence electrons. The second-order valence-electron chi connectivity index (χ2n) is 4.28. The minimum atomic E-state index is -0.526. The maximum absolute atomic E-state index is 13.1. The van der Waals surface area contributed by atoms with E-state index in [1.54, 1.807) is 24.3 Å². The van der Waals surface area contributed by atoms with Gasteiger partial charge in [0.1, 0.15) is 17.7 Å². The molecular weight excluding hydrogens is 282 g/mol. The molecule has 20 heavy (non-hydrogen) atoms. The highest BCUT2D eigenvalue weighted by molar-refractivity contribution is 6.30. The van der Waals surface area contributed by atoms with Crippen LogP contribution < -0.4 is 5.32 Å². The van der Waals surface area contributed by atoms with Gasteiger partial charge in [0.25, 0.3) is 0 Å². The van der Waals surface area contributed by atoms with Crippen LogP contribution in [-0.4, -0.2) is 0 Å². The first kappa shape index (κ1) is 14.4. The Kier molecular flexibility index (Phi) is 4.67. The predicted octanol–water partition coefficient (Wildman–Crippen LogP) is 3.78. The van der Waals surface area contributed by atoms with E-state index in [1.165, 1.54) is 18.2 Å². The fourth-order valence-electron chi connectivity index (χ4n) is 1.77. The van der Waals surface area contributed by atoms with Crippen molar-refractivity contribution in [3.8, 4) is 6.07 Å². The summed E-state index contributed by atoms with van der Waals surface area (Å²) in [6.45, 7) is 0.975. The van der Waals surface area contributed by atoms with E-state index in [0.29, 0.717) is 13.1 Å². The number of hydrogen-bond acceptors (Lipinski definition) is 2. The van der Waals surface area contributed by atoms with Crippen molar-refractivity contribution in [2.24, 2.45) is 0 Å². The molecular formula is C15H11ClF2N2. The van der Waals surface area contributed by atoms with Crippen molar-refractivity contribution in [1.29, 1.82) is 5.26 Å². The zero-order chi connectivity index (χ0) is 14.5. The summed E-state index contributed by atoms with van der Waals surface area (Å²) in [7, 11) is 0. The molecule has 2 rings (SSSR count). The van der Waals surface area contributed by atoms with Crippen molar-refractivity contribution in [3.63, 3.8) is 0 Å². The molecule has 2 nitrogen and oxygen atoms in total. The molecule has 0 aliphatic carbocycles. The molecule has 0 saturated heterocycles. The summed E-state index contributed by atoms with van der Waals surface area (Å²) in [5, 5.41) is 11.9. The topological polar surface area (TPSA) is 35.8 Å². The molecule has 0 aliphatic rings. The highest BCUT2D eigenvalue weighted by Crippen LogP contribution is 2.16. The summed E-state index contributed by atoms with van der Waals surface area (Å²) >= 11 is 5.69. The second-order valence-corrected chi connectivity index (χ2v) is 4.69. The molecule has 1 N–H and O–H groups in total. The Morgan fingerprint density at radius 1 is 1.00 bits per heavy atom. The van der Waals surface area contributed by atoms with Gasteiger partial charge < -0.3 is 5.32 Å². The molecule has 0 unspecified atom stereocenters. The maximum atomic E-state index is 13.1. The van der Waals surface area contributed by atoms with Crippen molar-refractivity contribution in [2.75, 3.05) is 0 Å². The normalized spacial score (nSPS) is 10.3. The van der Waals surface area contributed by atoms with E-state index >= 15 is 0 Å². The molecule has 2 aromatic carbocycles. The van der Waals surface area contributed by atoms with Crippen LogP contribution in [0, 0.1) is 23.0 Å². The minimum Gasteiger partial charge on any atom is -0.309 e. The molecule has 0 aliphatic heterocycles. The third-order valence-electron chi connectivity index (χ3n) is 2.79. The van der Waals surface area contributed by atoms with Crippen LogP contribution in [0.15, 0.2) is 36.4 Å². The largest absolute Gasteiger partial charge is 0.309 e. The lowest BCUT2D eigenvalue weighted by molar-refractivity contribution is 0.620. The first-order valence-electron chi connectivity index (χ1n) is 5.93. The third kappa shape index (κ3) is 3.53. The Labute approximate surface area is 120 Å². The molecule has 0 fully saturated rings. The quantitative estimate of drug-likeness (QED) is 0.931. The molecule has 0 saturated carbocycles. The van der Waals surface area contributed by atoms with E-state index in [9.17, 15) is 8.78 Å². The van der Waals surface area contributed by atoms with Crippen LogP contribution in [-0.2, 0) is 13.1 Å². The number of benzene rings is 2. The Morgan fingerprint density at radius 3 is 2.20 bits per heavy atom. The van der Waals surface area contributed by atoms with Crippen LogP contribution >= 0.6 is 11.6 Å². The summed E-state index contributed by atoms with van der Waals surface area (Å²) < 4.78 is 26.1. The van der Waals surface area contributed by atoms with Crippen LogP contribution in [0.2, 0.25) is 5.02 Å². The number of hydrogen-bond donors (Lipinski definition) is 1. The smallest absolute Gasteiger partial charge is 0.141 e. The van der Waals surface area contributed by atoms with Gasteiger partial charge >= 0.3 is 0 Å². The third-order valence-corrected chi connectivity index (χ3v) is 3.08. The van der Waals surface area contributed by atoms with Crippen LogP contribution in [0.1, 0.15) is 16.7 Å². The predicted molar refractivity (Wildman–Crippen MR) is 73.1 cm³/mol. The standard InChI is InChI=1S/C15H11ClF2N2/c16-13-6-11(2-4-15(13)18)9-20-8-10-1-3-14(17)12(5-10)7-19/h1-6,20H,8-9H2. The molecule has 5 heteroatoms. The van der Waals surface area contributed by atoms with Gasteiger partial charge in [-0.3, -0.25) is 0 Å². The lowest BCUT2D eigenvalue weighted by Crippen LogP contribution is -2.13. The van der Waals surface area contributed by atoms with E-state index in [0.717, 1.165) is 11.1 Å². The Hall–Kier alpha value is -1.96. The first-order valence-corrected chi connectivity index (χ1v) is 6.31. The van der Waals surface area contributed by atoms with Gasteiger partial charge in [0.05, 0.1) is 10.6 Å². The summed E-state index contributed by atoms with van der Waals surface area (Å²) in [6.07, 6.45) is 0. The van der Waals surface area contributed by atoms with Gasteiger partial charge in [-0.05, 0) is 35.4 Å². The average Bonchev–Trinajstić information content (AvgIpc) is 2.44. The van der Waals surface area contributed by atoms with Crippen LogP contribution in [0.4, 0.5) is 8.78 Å². The van der Waals surface area contributed by atoms with E-state index in [4.69, 9.17) is 16.9 Å². The number of nitrogens with zero attached hydrogens (tertiary/aromatic N) is 1. The minimum absolute atomic E-state index is 0.0223. The van der Waals surface area contributed by atoms with Gasteiger partial charge in [-0.25, -0.2) is 8.78 Å². The van der Waals surface area contributed by atoms with Crippen molar-refractivity contribution in [3.05, 3.63) is 69.7 Å². The van der Waals surface area contributed by atoms with E-state index in [-0.39, 0.29) is 10.6 Å². The summed E-state index contributed by atoms with van der Waals surface area (Å²) in [4.78, 5) is 0. The first-order chi connectivity index (χ1) is 9.60. The Bertz CT molecular complexity index is 665. The molecule has 0 heterocycles. The Balaban J connectivity index is 1.96. The highest BCUT2D eigenvalue weighted by Gasteiger charge is 2.03. The molecule has 0 amide bonds. The maximum Gasteiger partial charge on any atom is 0.141 e. The van der Waals surface area contributed by atoms with Gasteiger partial charge in [0, 0.05) is 13.1 Å². The lowest BCUT2D eigenvalue weighted by Gasteiger charge is -2.06. The van der Waals surface area contributed by atoms with Crippen molar-refractivity contribution < 1.29 is 8.78 Å². The highest BCUT2D eigenvalue weighted by atomic mass is 35.5. The van der Waals surface area contributed by atoms with Crippen molar-refractivity contribution in [1.82, 2.24) is 5.32 Å². The van der Waals surface area contributed by atoms with E-state index in [1.807, 2.05) is 0 Å². The SMILES string of the molecule is N#Cc1cc(CNCc2ccc(F)c(Cl)c2)ccc1F. The van der Waals surface area contributed by atoms with Gasteiger partial charge in [-0.1, -0.05) is 23.7 Å². The number of rotatable bonds is 4. The van der Waals surface area contributed by atoms with Crippen LogP contribution in [0.25, 0.3) is 0 Å². The number of nitriles is 1. The summed E-state index contributed by atoms with van der Waals surface area (Å²) in [5.74, 6) is -0.978. The molecule has 0 bridgehead atoms. The van der Waals surface area contributed by atoms with Crippen molar-refractivity contribution >= 4 is 11.6 Å². The zero-order valence-electron chi connectivity index (χ0n) is 10.5. The average molecular weight is 293 g/mol. The summed E-state index contributed by atoms with van der Waals surface area (Å²) in [5.41, 5.74) is 1.67. The fourth-order valence-corrected chi connectivity index (χ4v) is 1.97. The van der Waals surface area contributed by atoms with E-state index < -0.39 is 11.6 Å². The second kappa shape index (κ2) is 6.47. The fraction of sp³-hybridized carbons (Fsp3) is 0.133. The molecule has 0 atom stereocenters. The van der Waals surface area contributed by atoms with Crippen LogP contribution in [0.3, 0.4) is 0 Å². The van der Waals surface area contributed by atoms with Gasteiger partial charge in [-0.15, -0.1) is 0 Å². The van der Waals surface area contributed by atoms with Crippen LogP contribution in [0.5, 0.6) is 0 Å². The lowest BCUT2D eigenvalue weighted by atomic mass is 10.1. The zero-order valence-corrected chi connectivity index (χ0v) is 11.2. The number of nitrogens with one attached hydrogen (secondary N) is 1. The van der Waals surface area contributed by atoms with Crippen molar-refractivity contribution in [2.45, 2.75) is 13.1 Å². The van der Waals surface area contributed by atoms with Gasteiger partial charge in [0.15, 0.2) is 0 Å². The number of halogens is 3. The molecule has 0 radical (unpaired) electrons. The Morgan fingerprint density at radius 2 is 1.60 bits per heavy atom.